The Morgan fingerprint density at radius 2 is 0.261 bits per heavy atom. The first-order chi connectivity index (χ1) is 58.5. The van der Waals surface area contributed by atoms with E-state index in [4.69, 9.17) is 4.98 Å². The number of aryl methyl sites for hydroxylation is 5. The molecule has 0 spiro atoms. The fourth-order valence-electron chi connectivity index (χ4n) is 13.4. The summed E-state index contributed by atoms with van der Waals surface area (Å²) in [6.07, 6.45) is 0. The van der Waals surface area contributed by atoms with Gasteiger partial charge in [-0.1, -0.05) is 376 Å². The molecule has 0 radical (unpaired) electrons. The van der Waals surface area contributed by atoms with Crippen LogP contribution in [0.2, 0.25) is 0 Å². The number of aromatic nitrogens is 13. The van der Waals surface area contributed by atoms with Gasteiger partial charge in [0.25, 0.3) is 0 Å². The Kier molecular flexibility index (Phi) is 25.7. The van der Waals surface area contributed by atoms with E-state index in [0.29, 0.717) is 46.6 Å². The van der Waals surface area contributed by atoms with Crippen LogP contribution in [0.1, 0.15) is 29.1 Å². The number of rotatable bonds is 14. The molecule has 0 atom stereocenters. The minimum Gasteiger partial charge on any atom is -0.233 e. The minimum absolute atomic E-state index is 0.686. The third-order valence-corrected chi connectivity index (χ3v) is 19.2. The van der Waals surface area contributed by atoms with Crippen LogP contribution >= 0.6 is 0 Å². The molecule has 5 heterocycles. The molecular weight excluding hydrogens is 1460 g/mol. The smallest absolute Gasteiger partial charge is 0.163 e. The summed E-state index contributed by atoms with van der Waals surface area (Å²) in [5.74, 6) is 7.92. The monoisotopic (exact) mass is 1540 g/mol. The molecule has 0 unspecified atom stereocenters. The van der Waals surface area contributed by atoms with Crippen molar-refractivity contribution in [3.8, 4) is 158 Å². The van der Waals surface area contributed by atoms with Crippen LogP contribution in [0.5, 0.6) is 0 Å². The van der Waals surface area contributed by atoms with Crippen molar-refractivity contribution in [2.45, 2.75) is 34.6 Å². The summed E-state index contributed by atoms with van der Waals surface area (Å²) >= 11 is 0. The van der Waals surface area contributed by atoms with Crippen molar-refractivity contribution < 1.29 is 0 Å². The van der Waals surface area contributed by atoms with E-state index in [1.807, 2.05) is 283 Å². The summed E-state index contributed by atoms with van der Waals surface area (Å²) in [6, 6.07) is 139. The maximum Gasteiger partial charge on any atom is 0.163 e. The number of nitrogens with zero attached hydrogens (tertiary/aromatic N) is 13. The lowest BCUT2D eigenvalue weighted by atomic mass is 10.0. The first-order valence-corrected chi connectivity index (χ1v) is 39.4. The Hall–Kier alpha value is -15.7. The van der Waals surface area contributed by atoms with Gasteiger partial charge in [-0.3, -0.25) is 0 Å². The van der Waals surface area contributed by atoms with E-state index in [-0.39, 0.29) is 0 Å². The van der Waals surface area contributed by atoms with Gasteiger partial charge in [-0.2, -0.15) is 0 Å². The lowest BCUT2D eigenvalue weighted by Crippen LogP contribution is -1.99. The highest BCUT2D eigenvalue weighted by Gasteiger charge is 2.16. The molecule has 19 rings (SSSR count). The highest BCUT2D eigenvalue weighted by Crippen LogP contribution is 2.33. The molecular formula is C106H83N13. The van der Waals surface area contributed by atoms with Crippen LogP contribution in [0.3, 0.4) is 0 Å². The second-order valence-corrected chi connectivity index (χ2v) is 27.9. The second-order valence-electron chi connectivity index (χ2n) is 27.9. The lowest BCUT2D eigenvalue weighted by molar-refractivity contribution is 0.991. The highest BCUT2D eigenvalue weighted by molar-refractivity contribution is 5.77. The van der Waals surface area contributed by atoms with Crippen molar-refractivity contribution >= 4 is 0 Å². The van der Waals surface area contributed by atoms with Gasteiger partial charge in [-0.15, -0.1) is 0 Å². The maximum atomic E-state index is 4.82. The topological polar surface area (TPSA) is 168 Å². The van der Waals surface area contributed by atoms with Crippen molar-refractivity contribution in [3.63, 3.8) is 0 Å². The minimum atomic E-state index is 0.686. The number of hydrogen-bond acceptors (Lipinski definition) is 13. The number of benzene rings is 14. The summed E-state index contributed by atoms with van der Waals surface area (Å²) in [6.45, 7) is 9.58. The van der Waals surface area contributed by atoms with E-state index >= 15 is 0 Å². The van der Waals surface area contributed by atoms with Crippen molar-refractivity contribution in [2.75, 3.05) is 0 Å². The third-order valence-electron chi connectivity index (χ3n) is 19.2. The Balaban J connectivity index is 0.000000117. The predicted molar refractivity (Wildman–Crippen MR) is 483 cm³/mol. The van der Waals surface area contributed by atoms with Gasteiger partial charge in [0.2, 0.25) is 0 Å². The van der Waals surface area contributed by atoms with Crippen LogP contribution in [-0.2, 0) is 0 Å². The maximum absolute atomic E-state index is 4.82. The average Bonchev–Trinajstić information content (AvgIpc) is 0.815. The van der Waals surface area contributed by atoms with Crippen molar-refractivity contribution in [2.24, 2.45) is 0 Å². The van der Waals surface area contributed by atoms with Gasteiger partial charge < -0.3 is 0 Å². The zero-order valence-electron chi connectivity index (χ0n) is 66.6. The summed E-state index contributed by atoms with van der Waals surface area (Å²) in [4.78, 5) is 59.4. The Morgan fingerprint density at radius 3 is 0.487 bits per heavy atom. The summed E-state index contributed by atoms with van der Waals surface area (Å²) < 4.78 is 0. The zero-order valence-corrected chi connectivity index (χ0v) is 66.6. The molecule has 0 aliphatic heterocycles. The standard InChI is InChI=1S/C28H21N3.C23H18N2.C22H17N3.C17H14N2.C16H13N3/c1-20-29-27(25-16-8-14-23(18-25)21-10-4-2-5-11-21)31-28(30-20)26-17-9-15-24(19-26)22-12-6-3-7-13-22;1-17-24-22(19-11-6-3-7-12-19)16-23(25-17)21-14-8-13-20(15-21)18-9-4-2-5-10-18;1-16-23-21(18-11-6-3-7-12-18)25-22(24-16)20-14-8-13-19(15-20)17-9-4-2-5-10-17;1-13-18-16(14-8-4-2-5-9-14)12-17(19-13)15-10-6-3-7-11-15;1-12-17-15(13-8-4-2-5-9-13)19-16(18-12)14-10-6-3-7-11-14/h2-19H,1H3;2-16H,1H3;2-15H,1H3;2-12H,1H3;2-11H,1H3. The van der Waals surface area contributed by atoms with Crippen LogP contribution in [0, 0.1) is 34.6 Å². The van der Waals surface area contributed by atoms with Gasteiger partial charge >= 0.3 is 0 Å². The first-order valence-electron chi connectivity index (χ1n) is 39.4. The predicted octanol–water partition coefficient (Wildman–Crippen LogP) is 25.4. The average molecular weight is 1540 g/mol. The molecule has 14 aromatic carbocycles. The molecule has 13 heteroatoms. The van der Waals surface area contributed by atoms with Gasteiger partial charge in [0.1, 0.15) is 29.1 Å². The van der Waals surface area contributed by atoms with E-state index < -0.39 is 0 Å². The van der Waals surface area contributed by atoms with E-state index in [1.165, 1.54) is 27.8 Å². The molecule has 0 N–H and O–H groups in total. The van der Waals surface area contributed by atoms with Crippen LogP contribution in [0.15, 0.2) is 413 Å². The molecule has 0 saturated carbocycles. The van der Waals surface area contributed by atoms with Gasteiger partial charge in [-0.25, -0.2) is 64.8 Å². The highest BCUT2D eigenvalue weighted by atomic mass is 15.0. The SMILES string of the molecule is Cc1nc(-c2cccc(-c3ccccc3)c2)nc(-c2cccc(-c3ccccc3)c2)n1.Cc1nc(-c2ccccc2)cc(-c2cccc(-c3ccccc3)c2)n1.Cc1nc(-c2ccccc2)cc(-c2ccccc2)n1.Cc1nc(-c2ccccc2)nc(-c2cccc(-c3ccccc3)c2)n1.Cc1nc(-c2ccccc2)nc(-c2ccccc2)n1. The van der Waals surface area contributed by atoms with Crippen molar-refractivity contribution in [3.05, 3.63) is 442 Å². The van der Waals surface area contributed by atoms with Gasteiger partial charge in [0.05, 0.1) is 22.8 Å². The second kappa shape index (κ2) is 38.9. The molecule has 0 amide bonds. The number of hydrogen-bond donors (Lipinski definition) is 0. The largest absolute Gasteiger partial charge is 0.233 e. The summed E-state index contributed by atoms with van der Waals surface area (Å²) in [7, 11) is 0. The molecule has 19 aromatic rings. The fraction of sp³-hybridized carbons (Fsp3) is 0.0472. The molecule has 0 saturated heterocycles. The van der Waals surface area contributed by atoms with Crippen LogP contribution < -0.4 is 0 Å². The Morgan fingerprint density at radius 1 is 0.109 bits per heavy atom. The van der Waals surface area contributed by atoms with E-state index in [2.05, 4.69) is 224 Å². The van der Waals surface area contributed by atoms with Crippen LogP contribution in [0.4, 0.5) is 0 Å². The van der Waals surface area contributed by atoms with Gasteiger partial charge in [0, 0.05) is 55.6 Å². The fourth-order valence-corrected chi connectivity index (χ4v) is 13.4. The van der Waals surface area contributed by atoms with Gasteiger partial charge in [0.15, 0.2) is 34.9 Å². The van der Waals surface area contributed by atoms with Crippen molar-refractivity contribution in [1.29, 1.82) is 0 Å². The molecule has 5 aromatic heterocycles. The van der Waals surface area contributed by atoms with E-state index in [0.717, 1.165) is 113 Å². The third kappa shape index (κ3) is 21.2. The lowest BCUT2D eigenvalue weighted by Gasteiger charge is -2.09. The first kappa shape index (κ1) is 78.5. The van der Waals surface area contributed by atoms with Gasteiger partial charge in [-0.05, 0) is 116 Å². The summed E-state index contributed by atoms with van der Waals surface area (Å²) in [5, 5.41) is 0. The Bertz CT molecular complexity index is 5990. The summed E-state index contributed by atoms with van der Waals surface area (Å²) in [5.41, 5.74) is 23.6. The molecule has 0 fully saturated rings. The van der Waals surface area contributed by atoms with E-state index in [9.17, 15) is 0 Å². The molecule has 572 valence electrons. The zero-order chi connectivity index (χ0) is 81.3. The molecule has 0 aliphatic rings. The molecule has 119 heavy (non-hydrogen) atoms. The normalized spacial score (nSPS) is 10.6. The molecule has 13 nitrogen and oxygen atoms in total. The quantitative estimate of drug-likeness (QED) is 0.101. The molecule has 0 bridgehead atoms. The van der Waals surface area contributed by atoms with Crippen LogP contribution in [-0.4, -0.2) is 64.8 Å². The Labute approximate surface area is 694 Å². The molecule has 0 aliphatic carbocycles. The van der Waals surface area contributed by atoms with E-state index in [1.54, 1.807) is 0 Å². The van der Waals surface area contributed by atoms with Crippen LogP contribution in [0.25, 0.3) is 158 Å². The van der Waals surface area contributed by atoms with Crippen molar-refractivity contribution in [1.82, 2.24) is 64.8 Å².